The predicted molar refractivity (Wildman–Crippen MR) is 105 cm³/mol. The average Bonchev–Trinajstić information content (AvgIpc) is 2.57. The lowest BCUT2D eigenvalue weighted by Gasteiger charge is -2.28. The van der Waals surface area contributed by atoms with Gasteiger partial charge in [0, 0.05) is 10.7 Å². The van der Waals surface area contributed by atoms with Crippen LogP contribution in [-0.2, 0) is 14.8 Å². The van der Waals surface area contributed by atoms with Gasteiger partial charge >= 0.3 is 0 Å². The van der Waals surface area contributed by atoms with E-state index in [4.69, 9.17) is 16.3 Å². The number of anilines is 2. The van der Waals surface area contributed by atoms with Gasteiger partial charge in [0.1, 0.15) is 11.8 Å². The smallest absolute Gasteiger partial charge is 0.248 e. The molecule has 2 rings (SSSR count). The average molecular weight is 397 g/mol. The molecule has 8 heteroatoms. The number of sulfonamides is 1. The molecule has 1 amide bonds. The summed E-state index contributed by atoms with van der Waals surface area (Å²) in [6.45, 7) is 3.36. The van der Waals surface area contributed by atoms with Gasteiger partial charge in [-0.3, -0.25) is 9.10 Å². The summed E-state index contributed by atoms with van der Waals surface area (Å²) in [6.07, 6.45) is 1.06. The molecule has 140 valence electrons. The van der Waals surface area contributed by atoms with Gasteiger partial charge in [0.15, 0.2) is 0 Å². The Morgan fingerprint density at radius 1 is 1.19 bits per heavy atom. The minimum absolute atomic E-state index is 0.374. The Balaban J connectivity index is 2.32. The molecular formula is C18H21ClN2O4S. The van der Waals surface area contributed by atoms with Gasteiger partial charge in [0.25, 0.3) is 0 Å². The molecule has 0 saturated carbocycles. The largest absolute Gasteiger partial charge is 0.497 e. The first-order chi connectivity index (χ1) is 12.1. The van der Waals surface area contributed by atoms with E-state index in [9.17, 15) is 13.2 Å². The van der Waals surface area contributed by atoms with Gasteiger partial charge in [-0.25, -0.2) is 8.42 Å². The van der Waals surface area contributed by atoms with E-state index in [2.05, 4.69) is 5.32 Å². The van der Waals surface area contributed by atoms with Crippen LogP contribution in [0.1, 0.15) is 12.5 Å². The molecule has 0 radical (unpaired) electrons. The van der Waals surface area contributed by atoms with Crippen molar-refractivity contribution < 1.29 is 17.9 Å². The maximum atomic E-state index is 12.7. The molecule has 6 nitrogen and oxygen atoms in total. The van der Waals surface area contributed by atoms with E-state index >= 15 is 0 Å². The van der Waals surface area contributed by atoms with E-state index in [-0.39, 0.29) is 0 Å². The summed E-state index contributed by atoms with van der Waals surface area (Å²) >= 11 is 5.97. The number of carbonyl (C=O) groups excluding carboxylic acids is 1. The maximum absolute atomic E-state index is 12.7. The van der Waals surface area contributed by atoms with Crippen molar-refractivity contribution in [2.45, 2.75) is 19.9 Å². The third kappa shape index (κ3) is 4.68. The summed E-state index contributed by atoms with van der Waals surface area (Å²) in [4.78, 5) is 12.7. The first-order valence-corrected chi connectivity index (χ1v) is 10.1. The number of ether oxygens (including phenoxy) is 1. The van der Waals surface area contributed by atoms with Crippen molar-refractivity contribution in [2.75, 3.05) is 23.0 Å². The van der Waals surface area contributed by atoms with Crippen LogP contribution in [0, 0.1) is 6.92 Å². The van der Waals surface area contributed by atoms with Crippen molar-refractivity contribution in [2.24, 2.45) is 0 Å². The lowest BCUT2D eigenvalue weighted by atomic mass is 10.2. The van der Waals surface area contributed by atoms with Gasteiger partial charge in [-0.05, 0) is 55.8 Å². The van der Waals surface area contributed by atoms with Crippen molar-refractivity contribution in [3.05, 3.63) is 53.1 Å². The number of benzene rings is 2. The van der Waals surface area contributed by atoms with Gasteiger partial charge in [-0.15, -0.1) is 0 Å². The number of rotatable bonds is 6. The minimum atomic E-state index is -3.69. The molecule has 0 fully saturated rings. The van der Waals surface area contributed by atoms with Crippen LogP contribution < -0.4 is 14.4 Å². The molecular weight excluding hydrogens is 376 g/mol. The van der Waals surface area contributed by atoms with Crippen molar-refractivity contribution in [3.63, 3.8) is 0 Å². The molecule has 2 aromatic rings. The van der Waals surface area contributed by atoms with Gasteiger partial charge in [-0.2, -0.15) is 0 Å². The van der Waals surface area contributed by atoms with Crippen LogP contribution in [0.3, 0.4) is 0 Å². The number of halogens is 1. The molecule has 26 heavy (non-hydrogen) atoms. The van der Waals surface area contributed by atoms with Crippen LogP contribution in [0.4, 0.5) is 11.4 Å². The number of nitrogens with zero attached hydrogens (tertiary/aromatic N) is 1. The highest BCUT2D eigenvalue weighted by molar-refractivity contribution is 7.92. The molecule has 2 aromatic carbocycles. The first-order valence-electron chi connectivity index (χ1n) is 7.84. The molecule has 0 bridgehead atoms. The Morgan fingerprint density at radius 3 is 2.35 bits per heavy atom. The summed E-state index contributed by atoms with van der Waals surface area (Å²) in [7, 11) is -2.17. The van der Waals surface area contributed by atoms with Crippen LogP contribution in [0.25, 0.3) is 0 Å². The lowest BCUT2D eigenvalue weighted by Crippen LogP contribution is -2.45. The summed E-state index contributed by atoms with van der Waals surface area (Å²) in [5.74, 6) is 0.130. The monoisotopic (exact) mass is 396 g/mol. The molecule has 0 aliphatic rings. The molecule has 1 atom stereocenters. The highest BCUT2D eigenvalue weighted by Gasteiger charge is 2.29. The van der Waals surface area contributed by atoms with Crippen LogP contribution in [0.2, 0.25) is 5.02 Å². The Morgan fingerprint density at radius 2 is 1.81 bits per heavy atom. The predicted octanol–water partition coefficient (Wildman–Crippen LogP) is 3.45. The topological polar surface area (TPSA) is 75.7 Å². The third-order valence-electron chi connectivity index (χ3n) is 3.87. The van der Waals surface area contributed by atoms with E-state index in [0.717, 1.165) is 16.1 Å². The van der Waals surface area contributed by atoms with Crippen molar-refractivity contribution in [3.8, 4) is 5.75 Å². The fourth-order valence-corrected chi connectivity index (χ4v) is 3.85. The second-order valence-corrected chi connectivity index (χ2v) is 8.18. The van der Waals surface area contributed by atoms with E-state index in [1.807, 2.05) is 6.92 Å². The van der Waals surface area contributed by atoms with E-state index in [1.54, 1.807) is 42.5 Å². The molecule has 0 spiro atoms. The summed E-state index contributed by atoms with van der Waals surface area (Å²) in [5.41, 5.74) is 1.74. The van der Waals surface area contributed by atoms with E-state index < -0.39 is 22.0 Å². The summed E-state index contributed by atoms with van der Waals surface area (Å²) in [6, 6.07) is 10.6. The highest BCUT2D eigenvalue weighted by atomic mass is 35.5. The number of carbonyl (C=O) groups is 1. The zero-order valence-corrected chi connectivity index (χ0v) is 16.6. The fraction of sp³-hybridized carbons (Fsp3) is 0.278. The number of hydrogen-bond donors (Lipinski definition) is 1. The Bertz CT molecular complexity index is 898. The van der Waals surface area contributed by atoms with E-state index in [0.29, 0.717) is 22.1 Å². The summed E-state index contributed by atoms with van der Waals surface area (Å²) < 4.78 is 30.8. The normalized spacial score (nSPS) is 12.3. The number of methoxy groups -OCH3 is 1. The SMILES string of the molecule is COc1ccc(N(C(C)C(=O)Nc2cc(Cl)ccc2C)S(C)(=O)=O)cc1. The summed E-state index contributed by atoms with van der Waals surface area (Å²) in [5, 5.41) is 3.22. The first kappa shape index (κ1) is 20.1. The van der Waals surface area contributed by atoms with Gasteiger partial charge in [0.05, 0.1) is 19.1 Å². The van der Waals surface area contributed by atoms with Gasteiger partial charge in [0.2, 0.25) is 15.9 Å². The van der Waals surface area contributed by atoms with Crippen LogP contribution in [0.15, 0.2) is 42.5 Å². The Kier molecular flexibility index (Phi) is 6.15. The third-order valence-corrected chi connectivity index (χ3v) is 5.35. The molecule has 0 aliphatic carbocycles. The molecule has 0 saturated heterocycles. The van der Waals surface area contributed by atoms with Crippen molar-refractivity contribution in [1.29, 1.82) is 0 Å². The Labute approximate surface area is 158 Å². The molecule has 0 aliphatic heterocycles. The second kappa shape index (κ2) is 7.97. The van der Waals surface area contributed by atoms with E-state index in [1.165, 1.54) is 14.0 Å². The number of hydrogen-bond acceptors (Lipinski definition) is 4. The van der Waals surface area contributed by atoms with Crippen molar-refractivity contribution >= 4 is 38.9 Å². The standard InChI is InChI=1S/C18H21ClN2O4S/c1-12-5-6-14(19)11-17(12)20-18(22)13(2)21(26(4,23)24)15-7-9-16(25-3)10-8-15/h5-11,13H,1-4H3,(H,20,22). The quantitative estimate of drug-likeness (QED) is 0.811. The zero-order valence-electron chi connectivity index (χ0n) is 15.0. The zero-order chi connectivity index (χ0) is 19.5. The second-order valence-electron chi connectivity index (χ2n) is 5.88. The molecule has 0 heterocycles. The van der Waals surface area contributed by atoms with Gasteiger partial charge < -0.3 is 10.1 Å². The lowest BCUT2D eigenvalue weighted by molar-refractivity contribution is -0.116. The minimum Gasteiger partial charge on any atom is -0.497 e. The van der Waals surface area contributed by atoms with Crippen LogP contribution >= 0.6 is 11.6 Å². The highest BCUT2D eigenvalue weighted by Crippen LogP contribution is 2.25. The fourth-order valence-electron chi connectivity index (χ4n) is 2.50. The molecule has 1 N–H and O–H groups in total. The Hall–Kier alpha value is -2.25. The van der Waals surface area contributed by atoms with Gasteiger partial charge in [-0.1, -0.05) is 17.7 Å². The number of nitrogens with one attached hydrogen (secondary N) is 1. The molecule has 1 unspecified atom stereocenters. The number of amides is 1. The van der Waals surface area contributed by atoms with Crippen LogP contribution in [-0.4, -0.2) is 33.7 Å². The van der Waals surface area contributed by atoms with Crippen LogP contribution in [0.5, 0.6) is 5.75 Å². The maximum Gasteiger partial charge on any atom is 0.248 e. The molecule has 0 aromatic heterocycles. The number of aryl methyl sites for hydroxylation is 1. The van der Waals surface area contributed by atoms with Crippen molar-refractivity contribution in [1.82, 2.24) is 0 Å².